The predicted molar refractivity (Wildman–Crippen MR) is 105 cm³/mol. The average molecular weight is 368 g/mol. The van der Waals surface area contributed by atoms with Crippen LogP contribution in [-0.4, -0.2) is 14.7 Å². The van der Waals surface area contributed by atoms with Crippen LogP contribution >= 0.6 is 0 Å². The second kappa shape index (κ2) is 7.93. The molecule has 26 heavy (non-hydrogen) atoms. The van der Waals surface area contributed by atoms with Gasteiger partial charge in [-0.1, -0.05) is 30.3 Å². The van der Waals surface area contributed by atoms with Crippen molar-refractivity contribution in [3.05, 3.63) is 84.4 Å². The molecule has 0 amide bonds. The molecular formula is C20H20N2O3S. The van der Waals surface area contributed by atoms with Crippen molar-refractivity contribution in [2.24, 2.45) is 0 Å². The fraction of sp³-hybridized carbons (Fsp3) is 0.100. The third-order valence-corrected chi connectivity index (χ3v) is 4.19. The standard InChI is InChI=1S/C20H20N2O3S/c1-26(23,24)22-19-9-7-17(8-10-19)21-18-11-13-20(14-12-18)25-15-16-5-3-2-4-6-16/h2-14,21-22H,15H2,1H3. The number of ether oxygens (including phenoxy) is 1. The van der Waals surface area contributed by atoms with Crippen LogP contribution < -0.4 is 14.8 Å². The third kappa shape index (κ3) is 5.53. The van der Waals surface area contributed by atoms with Gasteiger partial charge < -0.3 is 10.1 Å². The molecule has 0 aliphatic heterocycles. The van der Waals surface area contributed by atoms with E-state index in [-0.39, 0.29) is 0 Å². The summed E-state index contributed by atoms with van der Waals surface area (Å²) < 4.78 is 30.6. The molecule has 134 valence electrons. The molecule has 0 heterocycles. The van der Waals surface area contributed by atoms with E-state index < -0.39 is 10.0 Å². The van der Waals surface area contributed by atoms with Crippen LogP contribution in [0.1, 0.15) is 5.56 Å². The molecule has 0 unspecified atom stereocenters. The second-order valence-electron chi connectivity index (χ2n) is 5.88. The third-order valence-electron chi connectivity index (χ3n) is 3.58. The van der Waals surface area contributed by atoms with Gasteiger partial charge in [0.2, 0.25) is 10.0 Å². The summed E-state index contributed by atoms with van der Waals surface area (Å²) in [5.41, 5.74) is 3.43. The predicted octanol–water partition coefficient (Wildman–Crippen LogP) is 4.38. The number of benzene rings is 3. The van der Waals surface area contributed by atoms with Crippen LogP contribution in [0.15, 0.2) is 78.9 Å². The van der Waals surface area contributed by atoms with Crippen LogP contribution in [0.3, 0.4) is 0 Å². The highest BCUT2D eigenvalue weighted by Gasteiger charge is 2.02. The Bertz CT molecular complexity index is 939. The zero-order valence-electron chi connectivity index (χ0n) is 14.3. The van der Waals surface area contributed by atoms with E-state index in [2.05, 4.69) is 10.0 Å². The molecule has 0 fully saturated rings. The molecule has 0 aliphatic rings. The number of nitrogens with one attached hydrogen (secondary N) is 2. The van der Waals surface area contributed by atoms with Gasteiger partial charge in [0.15, 0.2) is 0 Å². The van der Waals surface area contributed by atoms with Crippen molar-refractivity contribution < 1.29 is 13.2 Å². The summed E-state index contributed by atoms with van der Waals surface area (Å²) in [5.74, 6) is 0.798. The van der Waals surface area contributed by atoms with E-state index in [1.165, 1.54) is 0 Å². The molecule has 0 atom stereocenters. The molecule has 5 nitrogen and oxygen atoms in total. The van der Waals surface area contributed by atoms with E-state index in [0.717, 1.165) is 28.9 Å². The minimum Gasteiger partial charge on any atom is -0.489 e. The zero-order chi connectivity index (χ0) is 18.4. The van der Waals surface area contributed by atoms with Gasteiger partial charge >= 0.3 is 0 Å². The van der Waals surface area contributed by atoms with Crippen LogP contribution in [0.25, 0.3) is 0 Å². The Morgan fingerprint density at radius 1 is 0.769 bits per heavy atom. The van der Waals surface area contributed by atoms with Crippen molar-refractivity contribution in [1.82, 2.24) is 0 Å². The molecule has 0 spiro atoms. The lowest BCUT2D eigenvalue weighted by atomic mass is 10.2. The van der Waals surface area contributed by atoms with Gasteiger partial charge in [0, 0.05) is 17.1 Å². The van der Waals surface area contributed by atoms with Crippen molar-refractivity contribution in [2.45, 2.75) is 6.61 Å². The summed E-state index contributed by atoms with van der Waals surface area (Å²) in [4.78, 5) is 0. The summed E-state index contributed by atoms with van der Waals surface area (Å²) in [6, 6.07) is 24.7. The van der Waals surface area contributed by atoms with Gasteiger partial charge in [0.1, 0.15) is 12.4 Å². The van der Waals surface area contributed by atoms with Crippen LogP contribution in [0.4, 0.5) is 17.1 Å². The molecule has 0 radical (unpaired) electrons. The summed E-state index contributed by atoms with van der Waals surface area (Å²) in [5, 5.41) is 3.26. The van der Waals surface area contributed by atoms with Gasteiger partial charge in [-0.25, -0.2) is 8.42 Å². The quantitative estimate of drug-likeness (QED) is 0.649. The Kier molecular flexibility index (Phi) is 5.43. The first-order valence-electron chi connectivity index (χ1n) is 8.10. The van der Waals surface area contributed by atoms with Crippen molar-refractivity contribution in [2.75, 3.05) is 16.3 Å². The van der Waals surface area contributed by atoms with E-state index in [1.54, 1.807) is 12.1 Å². The van der Waals surface area contributed by atoms with Gasteiger partial charge in [-0.05, 0) is 54.1 Å². The Morgan fingerprint density at radius 3 is 1.88 bits per heavy atom. The lowest BCUT2D eigenvalue weighted by Gasteiger charge is -2.10. The maximum absolute atomic E-state index is 11.2. The number of hydrogen-bond acceptors (Lipinski definition) is 4. The number of anilines is 3. The smallest absolute Gasteiger partial charge is 0.229 e. The lowest BCUT2D eigenvalue weighted by molar-refractivity contribution is 0.306. The van der Waals surface area contributed by atoms with Crippen molar-refractivity contribution >= 4 is 27.1 Å². The first kappa shape index (κ1) is 17.8. The fourth-order valence-corrected chi connectivity index (χ4v) is 2.94. The largest absolute Gasteiger partial charge is 0.489 e. The SMILES string of the molecule is CS(=O)(=O)Nc1ccc(Nc2ccc(OCc3ccccc3)cc2)cc1. The molecule has 0 aromatic heterocycles. The topological polar surface area (TPSA) is 67.4 Å². The molecule has 3 rings (SSSR count). The summed E-state index contributed by atoms with van der Waals surface area (Å²) in [6.45, 7) is 0.530. The molecule has 0 aliphatic carbocycles. The Hall–Kier alpha value is -2.99. The van der Waals surface area contributed by atoms with Gasteiger partial charge in [0.05, 0.1) is 6.26 Å². The molecule has 2 N–H and O–H groups in total. The van der Waals surface area contributed by atoms with Crippen LogP contribution in [0.2, 0.25) is 0 Å². The maximum atomic E-state index is 11.2. The normalized spacial score (nSPS) is 11.0. The summed E-state index contributed by atoms with van der Waals surface area (Å²) in [6.07, 6.45) is 1.13. The first-order valence-corrected chi connectivity index (χ1v) is 9.99. The van der Waals surface area contributed by atoms with E-state index in [4.69, 9.17) is 4.74 Å². The molecule has 3 aromatic carbocycles. The Labute approximate surface area is 153 Å². The number of rotatable bonds is 7. The van der Waals surface area contributed by atoms with Crippen molar-refractivity contribution in [1.29, 1.82) is 0 Å². The summed E-state index contributed by atoms with van der Waals surface area (Å²) >= 11 is 0. The highest BCUT2D eigenvalue weighted by Crippen LogP contribution is 2.22. The van der Waals surface area contributed by atoms with Crippen molar-refractivity contribution in [3.63, 3.8) is 0 Å². The molecule has 0 saturated carbocycles. The fourth-order valence-electron chi connectivity index (χ4n) is 2.38. The number of hydrogen-bond donors (Lipinski definition) is 2. The molecule has 0 saturated heterocycles. The number of sulfonamides is 1. The van der Waals surface area contributed by atoms with E-state index in [1.807, 2.05) is 66.7 Å². The van der Waals surface area contributed by atoms with Gasteiger partial charge in [-0.15, -0.1) is 0 Å². The maximum Gasteiger partial charge on any atom is 0.229 e. The molecule has 0 bridgehead atoms. The Balaban J connectivity index is 1.57. The lowest BCUT2D eigenvalue weighted by Crippen LogP contribution is -2.09. The minimum absolute atomic E-state index is 0.530. The van der Waals surface area contributed by atoms with E-state index >= 15 is 0 Å². The van der Waals surface area contributed by atoms with Crippen LogP contribution in [-0.2, 0) is 16.6 Å². The van der Waals surface area contributed by atoms with Gasteiger partial charge in [0.25, 0.3) is 0 Å². The molecular weight excluding hydrogens is 348 g/mol. The second-order valence-corrected chi connectivity index (χ2v) is 7.62. The van der Waals surface area contributed by atoms with E-state index in [0.29, 0.717) is 12.3 Å². The van der Waals surface area contributed by atoms with Gasteiger partial charge in [-0.3, -0.25) is 4.72 Å². The highest BCUT2D eigenvalue weighted by molar-refractivity contribution is 7.92. The van der Waals surface area contributed by atoms with Crippen molar-refractivity contribution in [3.8, 4) is 5.75 Å². The monoisotopic (exact) mass is 368 g/mol. The molecule has 3 aromatic rings. The summed E-state index contributed by atoms with van der Waals surface area (Å²) in [7, 11) is -3.26. The Morgan fingerprint density at radius 2 is 1.31 bits per heavy atom. The molecule has 6 heteroatoms. The minimum atomic E-state index is -3.26. The van der Waals surface area contributed by atoms with Crippen LogP contribution in [0.5, 0.6) is 5.75 Å². The zero-order valence-corrected chi connectivity index (χ0v) is 15.2. The van der Waals surface area contributed by atoms with E-state index in [9.17, 15) is 8.42 Å². The first-order chi connectivity index (χ1) is 12.5. The highest BCUT2D eigenvalue weighted by atomic mass is 32.2. The average Bonchev–Trinajstić information content (AvgIpc) is 2.62. The van der Waals surface area contributed by atoms with Crippen LogP contribution in [0, 0.1) is 0 Å². The van der Waals surface area contributed by atoms with Gasteiger partial charge in [-0.2, -0.15) is 0 Å².